The van der Waals surface area contributed by atoms with Crippen molar-refractivity contribution in [1.29, 1.82) is 0 Å². The van der Waals surface area contributed by atoms with Crippen LogP contribution in [0.5, 0.6) is 17.2 Å². The molecule has 0 saturated carbocycles. The summed E-state index contributed by atoms with van der Waals surface area (Å²) in [6, 6.07) is 23.6. The van der Waals surface area contributed by atoms with Gasteiger partial charge in [0.25, 0.3) is 15.9 Å². The molecule has 5 aromatic rings. The van der Waals surface area contributed by atoms with Gasteiger partial charge in [0.2, 0.25) is 11.8 Å². The molecule has 1 aromatic heterocycles. The number of methoxy groups -OCH3 is 1. The van der Waals surface area contributed by atoms with Crippen molar-refractivity contribution >= 4 is 56.9 Å². The lowest BCUT2D eigenvalue weighted by atomic mass is 9.86. The van der Waals surface area contributed by atoms with Crippen LogP contribution in [0.25, 0.3) is 34.3 Å². The molecule has 4 amide bonds. The summed E-state index contributed by atoms with van der Waals surface area (Å²) in [7, 11) is -2.83. The second-order valence-corrected chi connectivity index (χ2v) is 19.0. The van der Waals surface area contributed by atoms with Crippen LogP contribution in [0.3, 0.4) is 0 Å². The second-order valence-electron chi connectivity index (χ2n) is 17.3. The van der Waals surface area contributed by atoms with Crippen molar-refractivity contribution in [2.45, 2.75) is 89.9 Å². The Morgan fingerprint density at radius 2 is 1.43 bits per heavy atom. The van der Waals surface area contributed by atoms with Crippen molar-refractivity contribution in [2.24, 2.45) is 5.41 Å². The monoisotopic (exact) mass is 903 g/mol. The van der Waals surface area contributed by atoms with Gasteiger partial charge in [0.05, 0.1) is 23.2 Å². The minimum Gasteiger partial charge on any atom is -0.497 e. The quantitative estimate of drug-likeness (QED) is 0.0701. The number of nitrogens with zero attached hydrogens (tertiary/aromatic N) is 1. The summed E-state index contributed by atoms with van der Waals surface area (Å²) < 4.78 is 46.6. The van der Waals surface area contributed by atoms with Gasteiger partial charge in [-0.05, 0) is 74.1 Å². The number of hydrogen-bond acceptors (Lipinski definition) is 10. The summed E-state index contributed by atoms with van der Waals surface area (Å²) in [5.74, 6) is -1.14. The number of rotatable bonds is 17. The lowest BCUT2D eigenvalue weighted by Crippen LogP contribution is -2.57. The maximum atomic E-state index is 14.6. The van der Waals surface area contributed by atoms with Crippen molar-refractivity contribution in [2.75, 3.05) is 7.11 Å². The van der Waals surface area contributed by atoms with E-state index in [1.807, 2.05) is 48.5 Å². The Hall–Kier alpha value is -7.00. The Labute approximate surface area is 380 Å². The van der Waals surface area contributed by atoms with Crippen molar-refractivity contribution in [3.63, 3.8) is 0 Å². The number of hydrogen-bond donors (Lipinski definition) is 4. The molecule has 15 heteroatoms. The Kier molecular flexibility index (Phi) is 15.6. The number of fused-ring (bicyclic) bond motifs is 1. The number of aromatic nitrogens is 1. The van der Waals surface area contributed by atoms with Gasteiger partial charge in [-0.1, -0.05) is 114 Å². The first kappa shape index (κ1) is 49.0. The van der Waals surface area contributed by atoms with Crippen LogP contribution in [0.1, 0.15) is 84.0 Å². The molecule has 342 valence electrons. The summed E-state index contributed by atoms with van der Waals surface area (Å²) in [5.41, 5.74) is 1.33. The van der Waals surface area contributed by atoms with Crippen LogP contribution in [-0.4, -0.2) is 62.0 Å². The van der Waals surface area contributed by atoms with Crippen molar-refractivity contribution in [3.05, 3.63) is 127 Å². The predicted molar refractivity (Wildman–Crippen MR) is 253 cm³/mol. The van der Waals surface area contributed by atoms with Crippen LogP contribution in [0.2, 0.25) is 0 Å². The van der Waals surface area contributed by atoms with E-state index in [2.05, 4.69) is 33.8 Å². The molecule has 0 aliphatic carbocycles. The Balaban J connectivity index is 1.55. The van der Waals surface area contributed by atoms with E-state index in [0.717, 1.165) is 5.56 Å². The molecular weight excluding hydrogens is 847 g/mol. The zero-order valence-corrected chi connectivity index (χ0v) is 38.8. The molecular formula is C50H57N5O9S. The first-order valence-electron chi connectivity index (χ1n) is 21.0. The zero-order chi connectivity index (χ0) is 47.7. The van der Waals surface area contributed by atoms with E-state index in [0.29, 0.717) is 45.8 Å². The number of sulfonamides is 1. The van der Waals surface area contributed by atoms with Gasteiger partial charge in [-0.3, -0.25) is 14.4 Å². The van der Waals surface area contributed by atoms with E-state index in [-0.39, 0.29) is 22.4 Å². The van der Waals surface area contributed by atoms with Crippen LogP contribution in [-0.2, 0) is 29.1 Å². The summed E-state index contributed by atoms with van der Waals surface area (Å²) in [6.07, 6.45) is 2.46. The van der Waals surface area contributed by atoms with Crippen LogP contribution in [0.15, 0.2) is 115 Å². The predicted octanol–water partition coefficient (Wildman–Crippen LogP) is 8.88. The molecule has 0 spiro atoms. The largest absolute Gasteiger partial charge is 0.497 e. The summed E-state index contributed by atoms with van der Waals surface area (Å²) in [4.78, 5) is 60.4. The molecule has 0 radical (unpaired) electrons. The van der Waals surface area contributed by atoms with Crippen LogP contribution in [0, 0.1) is 5.41 Å². The van der Waals surface area contributed by atoms with Gasteiger partial charge in [0.1, 0.15) is 41.0 Å². The number of ether oxygens (including phenoxy) is 3. The Morgan fingerprint density at radius 3 is 2.06 bits per heavy atom. The zero-order valence-electron chi connectivity index (χ0n) is 38.0. The number of alkyl carbamates (subject to hydrolysis) is 1. The van der Waals surface area contributed by atoms with Gasteiger partial charge >= 0.3 is 6.09 Å². The van der Waals surface area contributed by atoms with E-state index in [9.17, 15) is 27.6 Å². The summed E-state index contributed by atoms with van der Waals surface area (Å²) >= 11 is 0. The van der Waals surface area contributed by atoms with Gasteiger partial charge < -0.3 is 30.2 Å². The fraction of sp³-hybridized carbons (Fsp3) is 0.300. The molecule has 0 fully saturated rings. The number of benzene rings is 4. The average molecular weight is 904 g/mol. The highest BCUT2D eigenvalue weighted by molar-refractivity contribution is 7.90. The lowest BCUT2D eigenvalue weighted by molar-refractivity contribution is -0.133. The topological polar surface area (TPSA) is 191 Å². The number of pyridine rings is 1. The molecule has 0 unspecified atom stereocenters. The van der Waals surface area contributed by atoms with Crippen LogP contribution in [0.4, 0.5) is 4.79 Å². The highest BCUT2D eigenvalue weighted by Crippen LogP contribution is 2.37. The SMILES string of the molecule is C=Cc1cc([C@@H](NC(=O)[C@@H](NC(=O)OC(C)(C)C)C(C)(C)C)C(=O)N[C@@H](CCC)C(=O)NS(=O)(=O)c2ccccc2C=C)ccc1Oc1cc(-c2ccccc2)nc2cc(OC)ccc12. The maximum Gasteiger partial charge on any atom is 0.408 e. The smallest absolute Gasteiger partial charge is 0.408 e. The second kappa shape index (κ2) is 20.7. The van der Waals surface area contributed by atoms with Crippen molar-refractivity contribution in [3.8, 4) is 28.5 Å². The molecule has 0 aliphatic rings. The molecule has 0 aliphatic heterocycles. The van der Waals surface area contributed by atoms with E-state index in [1.54, 1.807) is 92.0 Å². The number of carbonyl (C=O) groups is 4. The van der Waals surface area contributed by atoms with Gasteiger partial charge in [0.15, 0.2) is 0 Å². The number of carbonyl (C=O) groups excluding carboxylic acids is 4. The molecule has 4 aromatic carbocycles. The summed E-state index contributed by atoms with van der Waals surface area (Å²) in [5, 5.41) is 8.80. The minimum atomic E-state index is -4.40. The molecule has 5 rings (SSSR count). The van der Waals surface area contributed by atoms with Crippen molar-refractivity contribution < 1.29 is 41.8 Å². The third-order valence-electron chi connectivity index (χ3n) is 10.1. The first-order valence-corrected chi connectivity index (χ1v) is 22.5. The molecule has 14 nitrogen and oxygen atoms in total. The van der Waals surface area contributed by atoms with Gasteiger partial charge in [0, 0.05) is 28.6 Å². The van der Waals surface area contributed by atoms with E-state index in [1.165, 1.54) is 24.3 Å². The standard InChI is InChI=1S/C50H57N5O9S/c1-11-19-37(45(56)55-65(60,61)42-23-18-17-20-31(42)12-2)52-46(57)43(53-47(58)44(49(4,5)6)54-48(59)64-50(7,8)9)34-24-27-40(32(13-3)28-34)63-41-30-38(33-21-15-14-16-22-33)51-39-29-35(62-10)25-26-36(39)41/h12-18,20-30,37,43-44H,2-3,11,19H2,1,4-10H3,(H,52,57)(H,53,58)(H,54,59)(H,55,56)/t37-,43+,44+/m0/s1. The molecule has 0 saturated heterocycles. The third-order valence-corrected chi connectivity index (χ3v) is 11.5. The Morgan fingerprint density at radius 1 is 0.754 bits per heavy atom. The molecule has 65 heavy (non-hydrogen) atoms. The fourth-order valence-corrected chi connectivity index (χ4v) is 8.09. The maximum absolute atomic E-state index is 14.6. The first-order chi connectivity index (χ1) is 30.7. The normalized spacial score (nSPS) is 13.0. The number of nitrogens with one attached hydrogen (secondary N) is 4. The van der Waals surface area contributed by atoms with Crippen LogP contribution < -0.4 is 30.1 Å². The number of amides is 4. The van der Waals surface area contributed by atoms with E-state index in [4.69, 9.17) is 19.2 Å². The fourth-order valence-electron chi connectivity index (χ4n) is 6.85. The highest BCUT2D eigenvalue weighted by Gasteiger charge is 2.38. The van der Waals surface area contributed by atoms with E-state index < -0.39 is 63.0 Å². The minimum absolute atomic E-state index is 0.0447. The van der Waals surface area contributed by atoms with Crippen LogP contribution >= 0.6 is 0 Å². The van der Waals surface area contributed by atoms with Crippen molar-refractivity contribution in [1.82, 2.24) is 25.7 Å². The summed E-state index contributed by atoms with van der Waals surface area (Å²) in [6.45, 7) is 19.7. The van der Waals surface area contributed by atoms with E-state index >= 15 is 0 Å². The molecule has 0 bridgehead atoms. The average Bonchev–Trinajstić information content (AvgIpc) is 3.26. The van der Waals surface area contributed by atoms with Gasteiger partial charge in [-0.15, -0.1) is 0 Å². The Bertz CT molecular complexity index is 2690. The molecule has 1 heterocycles. The van der Waals surface area contributed by atoms with Gasteiger partial charge in [-0.25, -0.2) is 22.9 Å². The lowest BCUT2D eigenvalue weighted by Gasteiger charge is -2.33. The molecule has 4 N–H and O–H groups in total. The highest BCUT2D eigenvalue weighted by atomic mass is 32.2. The molecule has 3 atom stereocenters. The van der Waals surface area contributed by atoms with Gasteiger partial charge in [-0.2, -0.15) is 0 Å². The third kappa shape index (κ3) is 12.6.